The molecule has 0 amide bonds. The quantitative estimate of drug-likeness (QED) is 0.631. The predicted octanol–water partition coefficient (Wildman–Crippen LogP) is 2.30. The average molecular weight is 177 g/mol. The highest BCUT2D eigenvalue weighted by atomic mass is 19.1. The SMILES string of the molecule is Cc1ccc(C2=NCN=N2)c(F)c1. The summed E-state index contributed by atoms with van der Waals surface area (Å²) in [5, 5.41) is 7.39. The Bertz CT molecular complexity index is 396. The summed E-state index contributed by atoms with van der Waals surface area (Å²) in [7, 11) is 0. The van der Waals surface area contributed by atoms with Crippen LogP contribution in [0.25, 0.3) is 0 Å². The highest BCUT2D eigenvalue weighted by Crippen LogP contribution is 2.13. The Kier molecular flexibility index (Phi) is 1.88. The minimum atomic E-state index is -0.292. The molecule has 0 N–H and O–H groups in total. The molecule has 0 spiro atoms. The van der Waals surface area contributed by atoms with Gasteiger partial charge in [0.2, 0.25) is 0 Å². The zero-order chi connectivity index (χ0) is 9.26. The van der Waals surface area contributed by atoms with Crippen molar-refractivity contribution >= 4 is 5.84 Å². The first-order chi connectivity index (χ1) is 6.27. The average Bonchev–Trinajstić information content (AvgIpc) is 2.56. The Labute approximate surface area is 75.0 Å². The number of aliphatic imine (C=N–C) groups is 1. The zero-order valence-corrected chi connectivity index (χ0v) is 7.16. The van der Waals surface area contributed by atoms with Crippen molar-refractivity contribution in [3.05, 3.63) is 35.1 Å². The lowest BCUT2D eigenvalue weighted by Crippen LogP contribution is -1.98. The van der Waals surface area contributed by atoms with Gasteiger partial charge in [-0.1, -0.05) is 6.07 Å². The number of nitrogens with zero attached hydrogens (tertiary/aromatic N) is 3. The van der Waals surface area contributed by atoms with Gasteiger partial charge in [-0.2, -0.15) is 5.11 Å². The Morgan fingerprint density at radius 1 is 1.38 bits per heavy atom. The minimum Gasteiger partial charge on any atom is -0.239 e. The van der Waals surface area contributed by atoms with Crippen molar-refractivity contribution < 1.29 is 4.39 Å². The molecule has 1 aliphatic heterocycles. The molecule has 2 rings (SSSR count). The molecule has 1 aromatic carbocycles. The first kappa shape index (κ1) is 8.04. The number of amidine groups is 1. The number of aryl methyl sites for hydroxylation is 1. The van der Waals surface area contributed by atoms with Crippen LogP contribution < -0.4 is 0 Å². The molecular formula is C9H8FN3. The van der Waals surface area contributed by atoms with Crippen LogP contribution in [0.2, 0.25) is 0 Å². The Balaban J connectivity index is 2.46. The molecule has 4 heteroatoms. The molecule has 0 saturated heterocycles. The minimum absolute atomic E-state index is 0.292. The van der Waals surface area contributed by atoms with Gasteiger partial charge >= 0.3 is 0 Å². The van der Waals surface area contributed by atoms with Crippen LogP contribution >= 0.6 is 0 Å². The normalized spacial score (nSPS) is 14.8. The Morgan fingerprint density at radius 3 is 2.85 bits per heavy atom. The Morgan fingerprint density at radius 2 is 2.23 bits per heavy atom. The van der Waals surface area contributed by atoms with E-state index in [0.717, 1.165) is 5.56 Å². The third-order valence-electron chi connectivity index (χ3n) is 1.81. The summed E-state index contributed by atoms with van der Waals surface area (Å²) < 4.78 is 13.3. The zero-order valence-electron chi connectivity index (χ0n) is 7.16. The van der Waals surface area contributed by atoms with Crippen LogP contribution in [0.5, 0.6) is 0 Å². The van der Waals surface area contributed by atoms with Gasteiger partial charge in [0.1, 0.15) is 5.82 Å². The molecule has 66 valence electrons. The molecule has 3 nitrogen and oxygen atoms in total. The molecular weight excluding hydrogens is 169 g/mol. The molecule has 1 aromatic rings. The summed E-state index contributed by atoms with van der Waals surface area (Å²) in [5.74, 6) is 0.0945. The summed E-state index contributed by atoms with van der Waals surface area (Å²) in [6.07, 6.45) is 0. The fraction of sp³-hybridized carbons (Fsp3) is 0.222. The molecule has 0 radical (unpaired) electrons. The lowest BCUT2D eigenvalue weighted by molar-refractivity contribution is 0.624. The van der Waals surface area contributed by atoms with Gasteiger partial charge in [-0.15, -0.1) is 5.11 Å². The van der Waals surface area contributed by atoms with Crippen LogP contribution in [0.4, 0.5) is 4.39 Å². The molecule has 13 heavy (non-hydrogen) atoms. The number of hydrogen-bond acceptors (Lipinski definition) is 3. The Hall–Kier alpha value is -1.58. The molecule has 0 aromatic heterocycles. The van der Waals surface area contributed by atoms with E-state index >= 15 is 0 Å². The number of benzene rings is 1. The molecule has 0 bridgehead atoms. The molecule has 0 aliphatic carbocycles. The maximum Gasteiger partial charge on any atom is 0.181 e. The van der Waals surface area contributed by atoms with Gasteiger partial charge in [0, 0.05) is 0 Å². The maximum absolute atomic E-state index is 13.3. The van der Waals surface area contributed by atoms with Gasteiger partial charge in [0.15, 0.2) is 12.5 Å². The van der Waals surface area contributed by atoms with Crippen LogP contribution in [0.3, 0.4) is 0 Å². The van der Waals surface area contributed by atoms with Crippen molar-refractivity contribution in [2.75, 3.05) is 6.67 Å². The highest BCUT2D eigenvalue weighted by Gasteiger charge is 2.11. The summed E-state index contributed by atoms with van der Waals surface area (Å²) in [6, 6.07) is 4.97. The van der Waals surface area contributed by atoms with Crippen molar-refractivity contribution in [3.63, 3.8) is 0 Å². The van der Waals surface area contributed by atoms with Crippen molar-refractivity contribution in [1.29, 1.82) is 0 Å². The number of halogens is 1. The summed E-state index contributed by atoms with van der Waals surface area (Å²) in [4.78, 5) is 3.94. The number of hydrogen-bond donors (Lipinski definition) is 0. The van der Waals surface area contributed by atoms with E-state index in [1.165, 1.54) is 6.07 Å². The monoisotopic (exact) mass is 177 g/mol. The van der Waals surface area contributed by atoms with E-state index < -0.39 is 0 Å². The number of azo groups is 1. The van der Waals surface area contributed by atoms with Gasteiger partial charge in [-0.25, -0.2) is 9.38 Å². The van der Waals surface area contributed by atoms with Gasteiger partial charge in [-0.05, 0) is 24.6 Å². The second-order valence-electron chi connectivity index (χ2n) is 2.85. The molecule has 0 saturated carbocycles. The first-order valence-corrected chi connectivity index (χ1v) is 3.96. The largest absolute Gasteiger partial charge is 0.239 e. The lowest BCUT2D eigenvalue weighted by Gasteiger charge is -1.99. The van der Waals surface area contributed by atoms with Crippen molar-refractivity contribution in [2.45, 2.75) is 6.92 Å². The van der Waals surface area contributed by atoms with Crippen molar-refractivity contribution in [3.8, 4) is 0 Å². The fourth-order valence-electron chi connectivity index (χ4n) is 1.17. The van der Waals surface area contributed by atoms with Gasteiger partial charge in [-0.3, -0.25) is 0 Å². The van der Waals surface area contributed by atoms with E-state index in [9.17, 15) is 4.39 Å². The third-order valence-corrected chi connectivity index (χ3v) is 1.81. The van der Waals surface area contributed by atoms with Crippen molar-refractivity contribution in [2.24, 2.45) is 15.2 Å². The highest BCUT2D eigenvalue weighted by molar-refractivity contribution is 6.00. The van der Waals surface area contributed by atoms with Crippen LogP contribution in [0.15, 0.2) is 33.4 Å². The molecule has 0 fully saturated rings. The van der Waals surface area contributed by atoms with E-state index in [4.69, 9.17) is 0 Å². The van der Waals surface area contributed by atoms with Crippen LogP contribution in [-0.4, -0.2) is 12.5 Å². The third kappa shape index (κ3) is 1.47. The van der Waals surface area contributed by atoms with E-state index in [-0.39, 0.29) is 5.82 Å². The second kappa shape index (κ2) is 3.05. The van der Waals surface area contributed by atoms with E-state index in [1.54, 1.807) is 6.07 Å². The summed E-state index contributed by atoms with van der Waals surface area (Å²) in [5.41, 5.74) is 1.31. The maximum atomic E-state index is 13.3. The van der Waals surface area contributed by atoms with Crippen molar-refractivity contribution in [1.82, 2.24) is 0 Å². The molecule has 1 heterocycles. The topological polar surface area (TPSA) is 37.1 Å². The standard InChI is InChI=1S/C9H8FN3/c1-6-2-3-7(8(10)4-6)9-11-5-12-13-9/h2-4H,5H2,1H3. The number of rotatable bonds is 1. The lowest BCUT2D eigenvalue weighted by atomic mass is 10.1. The molecule has 0 unspecified atom stereocenters. The van der Waals surface area contributed by atoms with Crippen LogP contribution in [-0.2, 0) is 0 Å². The van der Waals surface area contributed by atoms with Gasteiger partial charge < -0.3 is 0 Å². The summed E-state index contributed by atoms with van der Waals surface area (Å²) >= 11 is 0. The summed E-state index contributed by atoms with van der Waals surface area (Å²) in [6.45, 7) is 2.15. The van der Waals surface area contributed by atoms with Crippen LogP contribution in [0, 0.1) is 12.7 Å². The fourth-order valence-corrected chi connectivity index (χ4v) is 1.17. The molecule has 0 atom stereocenters. The van der Waals surface area contributed by atoms with E-state index in [1.807, 2.05) is 13.0 Å². The van der Waals surface area contributed by atoms with Gasteiger partial charge in [0.05, 0.1) is 5.56 Å². The second-order valence-corrected chi connectivity index (χ2v) is 2.85. The van der Waals surface area contributed by atoms with Crippen LogP contribution in [0.1, 0.15) is 11.1 Å². The van der Waals surface area contributed by atoms with E-state index in [0.29, 0.717) is 18.1 Å². The first-order valence-electron chi connectivity index (χ1n) is 3.96. The smallest absolute Gasteiger partial charge is 0.181 e. The van der Waals surface area contributed by atoms with Gasteiger partial charge in [0.25, 0.3) is 0 Å². The predicted molar refractivity (Wildman–Crippen MR) is 47.4 cm³/mol. The van der Waals surface area contributed by atoms with E-state index in [2.05, 4.69) is 15.2 Å². The molecule has 1 aliphatic rings.